The first-order valence-corrected chi connectivity index (χ1v) is 10.8. The number of furan rings is 1. The maximum atomic E-state index is 13.3. The number of carbonyl (C=O) groups excluding carboxylic acids is 2. The Balaban J connectivity index is 1.48. The van der Waals surface area contributed by atoms with Gasteiger partial charge in [-0.3, -0.25) is 9.59 Å². The first-order chi connectivity index (χ1) is 15.1. The number of nitrogens with zero attached hydrogens (tertiary/aromatic N) is 2. The average Bonchev–Trinajstić information content (AvgIpc) is 3.31. The van der Waals surface area contributed by atoms with Gasteiger partial charge < -0.3 is 23.4 Å². The van der Waals surface area contributed by atoms with Crippen LogP contribution in [0.15, 0.2) is 46.9 Å². The molecule has 1 aliphatic rings. The quantitative estimate of drug-likeness (QED) is 0.535. The van der Waals surface area contributed by atoms with Gasteiger partial charge in [-0.05, 0) is 38.8 Å². The molecule has 0 saturated carbocycles. The Morgan fingerprint density at radius 3 is 2.58 bits per heavy atom. The second kappa shape index (κ2) is 9.29. The van der Waals surface area contributed by atoms with Gasteiger partial charge in [-0.15, -0.1) is 0 Å². The summed E-state index contributed by atoms with van der Waals surface area (Å²) in [4.78, 5) is 27.1. The Kier molecular flexibility index (Phi) is 6.30. The maximum Gasteiger partial charge on any atom is 0.309 e. The molecule has 1 fully saturated rings. The van der Waals surface area contributed by atoms with Gasteiger partial charge in [0.2, 0.25) is 0 Å². The zero-order valence-electron chi connectivity index (χ0n) is 18.0. The molecule has 1 saturated heterocycles. The van der Waals surface area contributed by atoms with E-state index in [-0.39, 0.29) is 17.8 Å². The van der Waals surface area contributed by atoms with Gasteiger partial charge in [0.25, 0.3) is 5.91 Å². The molecule has 1 amide bonds. The summed E-state index contributed by atoms with van der Waals surface area (Å²) in [6.45, 7) is 6.12. The zero-order valence-corrected chi connectivity index (χ0v) is 18.0. The summed E-state index contributed by atoms with van der Waals surface area (Å²) < 4.78 is 18.7. The molecule has 7 nitrogen and oxygen atoms in total. The molecule has 4 rings (SSSR count). The van der Waals surface area contributed by atoms with Crippen LogP contribution in [0.5, 0.6) is 5.75 Å². The molecule has 2 aromatic heterocycles. The number of fused-ring (bicyclic) bond motifs is 1. The summed E-state index contributed by atoms with van der Waals surface area (Å²) in [5.41, 5.74) is 2.17. The second-order valence-electron chi connectivity index (χ2n) is 7.77. The predicted molar refractivity (Wildman–Crippen MR) is 116 cm³/mol. The van der Waals surface area contributed by atoms with E-state index in [1.807, 2.05) is 65.8 Å². The van der Waals surface area contributed by atoms with Crippen molar-refractivity contribution in [2.75, 3.05) is 26.3 Å². The third kappa shape index (κ3) is 4.60. The van der Waals surface area contributed by atoms with Crippen LogP contribution in [0.2, 0.25) is 0 Å². The number of hydrogen-bond donors (Lipinski definition) is 0. The van der Waals surface area contributed by atoms with E-state index in [0.29, 0.717) is 57.0 Å². The van der Waals surface area contributed by atoms with Crippen molar-refractivity contribution in [3.8, 4) is 5.75 Å². The van der Waals surface area contributed by atoms with Crippen LogP contribution in [0, 0.1) is 12.8 Å². The largest absolute Gasteiger partial charge is 0.492 e. The number of carbonyl (C=O) groups is 2. The van der Waals surface area contributed by atoms with E-state index in [0.717, 1.165) is 17.0 Å². The SMILES string of the molecule is CCOC(=O)C1CCN(C(=O)c2cc3oc(C)cc3n2CCOc2ccccc2)CC1. The summed E-state index contributed by atoms with van der Waals surface area (Å²) in [6, 6.07) is 13.4. The number of benzene rings is 1. The monoisotopic (exact) mass is 424 g/mol. The van der Waals surface area contributed by atoms with Crippen molar-refractivity contribution in [1.82, 2.24) is 9.47 Å². The van der Waals surface area contributed by atoms with Crippen molar-refractivity contribution < 1.29 is 23.5 Å². The maximum absolute atomic E-state index is 13.3. The highest BCUT2D eigenvalue weighted by atomic mass is 16.5. The summed E-state index contributed by atoms with van der Waals surface area (Å²) in [6.07, 6.45) is 1.25. The number of piperidine rings is 1. The van der Waals surface area contributed by atoms with E-state index < -0.39 is 0 Å². The van der Waals surface area contributed by atoms with Gasteiger partial charge in [-0.25, -0.2) is 0 Å². The Bertz CT molecular complexity index is 1040. The van der Waals surface area contributed by atoms with Crippen LogP contribution in [0.4, 0.5) is 0 Å². The molecule has 3 heterocycles. The van der Waals surface area contributed by atoms with Gasteiger partial charge in [0.15, 0.2) is 5.58 Å². The summed E-state index contributed by atoms with van der Waals surface area (Å²) in [5.74, 6) is 1.25. The fourth-order valence-electron chi connectivity index (χ4n) is 4.10. The summed E-state index contributed by atoms with van der Waals surface area (Å²) >= 11 is 0. The number of likely N-dealkylation sites (tertiary alicyclic amines) is 1. The number of ether oxygens (including phenoxy) is 2. The lowest BCUT2D eigenvalue weighted by Gasteiger charge is -2.31. The highest BCUT2D eigenvalue weighted by molar-refractivity contribution is 5.97. The van der Waals surface area contributed by atoms with Crippen LogP contribution in [0.3, 0.4) is 0 Å². The number of rotatable bonds is 7. The Morgan fingerprint density at radius 2 is 1.87 bits per heavy atom. The van der Waals surface area contributed by atoms with Crippen molar-refractivity contribution in [3.05, 3.63) is 53.9 Å². The number of amides is 1. The number of hydrogen-bond acceptors (Lipinski definition) is 5. The summed E-state index contributed by atoms with van der Waals surface area (Å²) in [5, 5.41) is 0. The van der Waals surface area contributed by atoms with Gasteiger partial charge in [-0.2, -0.15) is 0 Å². The molecule has 0 spiro atoms. The van der Waals surface area contributed by atoms with Gasteiger partial charge in [0.05, 0.1) is 24.6 Å². The van der Waals surface area contributed by atoms with Gasteiger partial charge in [-0.1, -0.05) is 18.2 Å². The Hall–Kier alpha value is -3.22. The topological polar surface area (TPSA) is 73.9 Å². The standard InChI is InChI=1S/C24H28N2O5/c1-3-29-24(28)18-9-11-25(12-10-18)23(27)21-16-22-20(15-17(2)31-22)26(21)13-14-30-19-7-5-4-6-8-19/h4-8,15-16,18H,3,9-14H2,1-2H3. The van der Waals surface area contributed by atoms with Gasteiger partial charge >= 0.3 is 5.97 Å². The second-order valence-corrected chi connectivity index (χ2v) is 7.77. The molecule has 164 valence electrons. The van der Waals surface area contributed by atoms with E-state index in [2.05, 4.69) is 0 Å². The molecule has 31 heavy (non-hydrogen) atoms. The van der Waals surface area contributed by atoms with E-state index >= 15 is 0 Å². The molecule has 1 aromatic carbocycles. The number of aromatic nitrogens is 1. The van der Waals surface area contributed by atoms with Crippen LogP contribution in [-0.2, 0) is 16.1 Å². The average molecular weight is 424 g/mol. The molecule has 0 atom stereocenters. The van der Waals surface area contributed by atoms with Crippen LogP contribution >= 0.6 is 0 Å². The molecule has 0 N–H and O–H groups in total. The predicted octanol–water partition coefficient (Wildman–Crippen LogP) is 4.04. The van der Waals surface area contributed by atoms with Crippen molar-refractivity contribution >= 4 is 23.0 Å². The minimum Gasteiger partial charge on any atom is -0.492 e. The third-order valence-corrected chi connectivity index (χ3v) is 5.66. The van der Waals surface area contributed by atoms with E-state index in [1.165, 1.54) is 0 Å². The van der Waals surface area contributed by atoms with Crippen molar-refractivity contribution in [2.24, 2.45) is 5.92 Å². The number of para-hydroxylation sites is 1. The molecule has 0 radical (unpaired) electrons. The van der Waals surface area contributed by atoms with Crippen molar-refractivity contribution in [2.45, 2.75) is 33.2 Å². The van der Waals surface area contributed by atoms with Crippen LogP contribution < -0.4 is 4.74 Å². The lowest BCUT2D eigenvalue weighted by molar-refractivity contribution is -0.149. The lowest BCUT2D eigenvalue weighted by atomic mass is 9.97. The molecule has 0 bridgehead atoms. The minimum atomic E-state index is -0.163. The highest BCUT2D eigenvalue weighted by Crippen LogP contribution is 2.27. The van der Waals surface area contributed by atoms with E-state index in [1.54, 1.807) is 0 Å². The van der Waals surface area contributed by atoms with E-state index in [9.17, 15) is 9.59 Å². The smallest absolute Gasteiger partial charge is 0.309 e. The van der Waals surface area contributed by atoms with Crippen LogP contribution in [0.25, 0.3) is 11.1 Å². The third-order valence-electron chi connectivity index (χ3n) is 5.66. The minimum absolute atomic E-state index is 0.0499. The van der Waals surface area contributed by atoms with Crippen LogP contribution in [0.1, 0.15) is 36.0 Å². The van der Waals surface area contributed by atoms with Crippen LogP contribution in [-0.4, -0.2) is 47.6 Å². The lowest BCUT2D eigenvalue weighted by Crippen LogP contribution is -2.41. The molecular weight excluding hydrogens is 396 g/mol. The first kappa shape index (κ1) is 21.0. The van der Waals surface area contributed by atoms with Gasteiger partial charge in [0.1, 0.15) is 23.8 Å². The highest BCUT2D eigenvalue weighted by Gasteiger charge is 2.30. The van der Waals surface area contributed by atoms with Crippen molar-refractivity contribution in [3.63, 3.8) is 0 Å². The molecule has 3 aromatic rings. The fraction of sp³-hybridized carbons (Fsp3) is 0.417. The van der Waals surface area contributed by atoms with E-state index in [4.69, 9.17) is 13.9 Å². The molecular formula is C24H28N2O5. The van der Waals surface area contributed by atoms with Gasteiger partial charge in [0, 0.05) is 25.2 Å². The summed E-state index contributed by atoms with van der Waals surface area (Å²) in [7, 11) is 0. The number of esters is 1. The Morgan fingerprint density at radius 1 is 1.13 bits per heavy atom. The Labute approximate surface area is 181 Å². The molecule has 0 unspecified atom stereocenters. The molecule has 0 aliphatic carbocycles. The zero-order chi connectivity index (χ0) is 21.8. The fourth-order valence-corrected chi connectivity index (χ4v) is 4.10. The first-order valence-electron chi connectivity index (χ1n) is 10.8. The molecule has 1 aliphatic heterocycles. The van der Waals surface area contributed by atoms with Crippen molar-refractivity contribution in [1.29, 1.82) is 0 Å². The number of aryl methyl sites for hydroxylation is 1. The molecule has 7 heteroatoms. The normalized spacial score (nSPS) is 14.7.